The minimum absolute atomic E-state index is 0.0749. The third-order valence-electron chi connectivity index (χ3n) is 2.38. The first kappa shape index (κ1) is 14.7. The first-order valence-electron chi connectivity index (χ1n) is 5.40. The van der Waals surface area contributed by atoms with E-state index >= 15 is 0 Å². The van der Waals surface area contributed by atoms with Gasteiger partial charge in [0, 0.05) is 12.1 Å². The van der Waals surface area contributed by atoms with E-state index in [0.29, 0.717) is 0 Å². The number of carboxylic acids is 1. The molecule has 0 amide bonds. The normalized spacial score (nSPS) is 10.2. The third kappa shape index (κ3) is 3.23. The minimum atomic E-state index is -1.37. The standard InChI is InChI=1S/C12H6ClFN2O5/c13-10-4-2-7(12(17)18)11(15-10)21-9-5-6(14)1-3-8(9)16(19)20/h1-5H,(H,17,18). The quantitative estimate of drug-likeness (QED) is 0.528. The number of carbonyl (C=O) groups is 1. The maximum Gasteiger partial charge on any atom is 0.341 e. The van der Waals surface area contributed by atoms with Crippen molar-refractivity contribution in [1.29, 1.82) is 0 Å². The Morgan fingerprint density at radius 2 is 2.10 bits per heavy atom. The summed E-state index contributed by atoms with van der Waals surface area (Å²) in [6, 6.07) is 4.88. The van der Waals surface area contributed by atoms with Crippen LogP contribution in [0.25, 0.3) is 0 Å². The molecule has 2 rings (SSSR count). The largest absolute Gasteiger partial charge is 0.477 e. The number of carboxylic acid groups (broad SMARTS) is 1. The molecule has 0 aliphatic carbocycles. The van der Waals surface area contributed by atoms with Crippen LogP contribution in [-0.4, -0.2) is 21.0 Å². The van der Waals surface area contributed by atoms with E-state index in [9.17, 15) is 19.3 Å². The van der Waals surface area contributed by atoms with Gasteiger partial charge in [-0.3, -0.25) is 10.1 Å². The van der Waals surface area contributed by atoms with Gasteiger partial charge >= 0.3 is 11.7 Å². The van der Waals surface area contributed by atoms with Gasteiger partial charge in [-0.05, 0) is 18.2 Å². The number of aromatic carboxylic acids is 1. The summed E-state index contributed by atoms with van der Waals surface area (Å²) in [4.78, 5) is 24.7. The predicted octanol–water partition coefficient (Wildman–Crippen LogP) is 3.27. The summed E-state index contributed by atoms with van der Waals surface area (Å²) >= 11 is 5.63. The van der Waals surface area contributed by atoms with Crippen molar-refractivity contribution in [2.24, 2.45) is 0 Å². The molecule has 2 aromatic rings. The molecule has 0 aliphatic rings. The highest BCUT2D eigenvalue weighted by atomic mass is 35.5. The van der Waals surface area contributed by atoms with Crippen LogP contribution < -0.4 is 4.74 Å². The summed E-state index contributed by atoms with van der Waals surface area (Å²) in [6.07, 6.45) is 0. The lowest BCUT2D eigenvalue weighted by molar-refractivity contribution is -0.385. The Kier molecular flexibility index (Phi) is 3.99. The Morgan fingerprint density at radius 3 is 2.71 bits per heavy atom. The van der Waals surface area contributed by atoms with Crippen LogP contribution in [0.1, 0.15) is 10.4 Å². The topological polar surface area (TPSA) is 103 Å². The average molecular weight is 313 g/mol. The Hall–Kier alpha value is -2.74. The number of nitro groups is 1. The molecule has 7 nitrogen and oxygen atoms in total. The van der Waals surface area contributed by atoms with Gasteiger partial charge in [0.2, 0.25) is 11.6 Å². The van der Waals surface area contributed by atoms with E-state index in [1.807, 2.05) is 0 Å². The van der Waals surface area contributed by atoms with Gasteiger partial charge in [0.25, 0.3) is 0 Å². The van der Waals surface area contributed by atoms with Crippen molar-refractivity contribution in [2.45, 2.75) is 0 Å². The third-order valence-corrected chi connectivity index (χ3v) is 2.59. The van der Waals surface area contributed by atoms with Crippen molar-refractivity contribution in [3.05, 3.63) is 57.0 Å². The zero-order valence-corrected chi connectivity index (χ0v) is 10.9. The predicted molar refractivity (Wildman–Crippen MR) is 69.3 cm³/mol. The maximum atomic E-state index is 13.2. The lowest BCUT2D eigenvalue weighted by Crippen LogP contribution is -2.03. The van der Waals surface area contributed by atoms with Gasteiger partial charge in [0.1, 0.15) is 16.5 Å². The van der Waals surface area contributed by atoms with Crippen LogP contribution in [0.15, 0.2) is 30.3 Å². The molecule has 0 unspecified atom stereocenters. The van der Waals surface area contributed by atoms with Gasteiger partial charge in [-0.1, -0.05) is 11.6 Å². The monoisotopic (exact) mass is 312 g/mol. The molecule has 1 aromatic heterocycles. The number of pyridine rings is 1. The molecular weight excluding hydrogens is 307 g/mol. The molecule has 21 heavy (non-hydrogen) atoms. The number of hydrogen-bond donors (Lipinski definition) is 1. The summed E-state index contributed by atoms with van der Waals surface area (Å²) in [5.74, 6) is -3.09. The van der Waals surface area contributed by atoms with E-state index in [1.165, 1.54) is 6.07 Å². The van der Waals surface area contributed by atoms with E-state index < -0.39 is 34.0 Å². The highest BCUT2D eigenvalue weighted by Gasteiger charge is 2.21. The lowest BCUT2D eigenvalue weighted by atomic mass is 10.2. The number of aromatic nitrogens is 1. The van der Waals surface area contributed by atoms with Crippen molar-refractivity contribution >= 4 is 23.3 Å². The van der Waals surface area contributed by atoms with E-state index in [1.54, 1.807) is 0 Å². The Balaban J connectivity index is 2.52. The fourth-order valence-corrected chi connectivity index (χ4v) is 1.62. The average Bonchev–Trinajstić information content (AvgIpc) is 2.38. The molecule has 0 fully saturated rings. The second-order valence-corrected chi connectivity index (χ2v) is 4.15. The number of benzene rings is 1. The fourth-order valence-electron chi connectivity index (χ4n) is 1.48. The molecule has 1 N–H and O–H groups in total. The van der Waals surface area contributed by atoms with Crippen LogP contribution in [0.2, 0.25) is 5.15 Å². The first-order chi connectivity index (χ1) is 9.88. The van der Waals surface area contributed by atoms with Gasteiger partial charge in [0.15, 0.2) is 0 Å². The zero-order chi connectivity index (χ0) is 15.6. The van der Waals surface area contributed by atoms with Crippen molar-refractivity contribution in [3.8, 4) is 11.6 Å². The summed E-state index contributed by atoms with van der Waals surface area (Å²) in [5, 5.41) is 19.8. The molecule has 1 heterocycles. The SMILES string of the molecule is O=C(O)c1ccc(Cl)nc1Oc1cc(F)ccc1[N+](=O)[O-]. The summed E-state index contributed by atoms with van der Waals surface area (Å²) < 4.78 is 18.3. The number of nitrogens with zero attached hydrogens (tertiary/aromatic N) is 2. The molecule has 0 aliphatic heterocycles. The van der Waals surface area contributed by atoms with Crippen LogP contribution in [0, 0.1) is 15.9 Å². The van der Waals surface area contributed by atoms with Crippen LogP contribution in [0.5, 0.6) is 11.6 Å². The molecule has 0 radical (unpaired) electrons. The van der Waals surface area contributed by atoms with E-state index in [0.717, 1.165) is 24.3 Å². The van der Waals surface area contributed by atoms with Crippen LogP contribution in [-0.2, 0) is 0 Å². The highest BCUT2D eigenvalue weighted by molar-refractivity contribution is 6.29. The summed E-state index contributed by atoms with van der Waals surface area (Å²) in [5.41, 5.74) is -0.896. The van der Waals surface area contributed by atoms with Crippen LogP contribution in [0.4, 0.5) is 10.1 Å². The fraction of sp³-hybridized carbons (Fsp3) is 0. The van der Waals surface area contributed by atoms with Crippen molar-refractivity contribution in [2.75, 3.05) is 0 Å². The number of rotatable bonds is 4. The van der Waals surface area contributed by atoms with Crippen molar-refractivity contribution in [1.82, 2.24) is 4.98 Å². The number of ether oxygens (including phenoxy) is 1. The van der Waals surface area contributed by atoms with Gasteiger partial charge in [-0.25, -0.2) is 14.2 Å². The van der Waals surface area contributed by atoms with Crippen molar-refractivity contribution in [3.63, 3.8) is 0 Å². The van der Waals surface area contributed by atoms with Gasteiger partial charge < -0.3 is 9.84 Å². The Labute approximate surface area is 121 Å². The van der Waals surface area contributed by atoms with Gasteiger partial charge in [0.05, 0.1) is 4.92 Å². The van der Waals surface area contributed by atoms with E-state index in [4.69, 9.17) is 21.4 Å². The zero-order valence-electron chi connectivity index (χ0n) is 10.1. The molecule has 0 bridgehead atoms. The first-order valence-corrected chi connectivity index (χ1v) is 5.78. The van der Waals surface area contributed by atoms with Gasteiger partial charge in [-0.2, -0.15) is 0 Å². The number of nitro benzene ring substituents is 1. The molecule has 9 heteroatoms. The van der Waals surface area contributed by atoms with E-state index in [2.05, 4.69) is 4.98 Å². The summed E-state index contributed by atoms with van der Waals surface area (Å²) in [7, 11) is 0. The molecule has 0 saturated carbocycles. The molecule has 1 aromatic carbocycles. The second kappa shape index (κ2) is 5.71. The molecule has 108 valence electrons. The number of hydrogen-bond acceptors (Lipinski definition) is 5. The Morgan fingerprint density at radius 1 is 1.38 bits per heavy atom. The lowest BCUT2D eigenvalue weighted by Gasteiger charge is -2.08. The Bertz CT molecular complexity index is 676. The molecule has 0 saturated heterocycles. The minimum Gasteiger partial charge on any atom is -0.477 e. The molecular formula is C12H6ClFN2O5. The highest BCUT2D eigenvalue weighted by Crippen LogP contribution is 2.33. The van der Waals surface area contributed by atoms with Crippen molar-refractivity contribution < 1.29 is 24.0 Å². The molecule has 0 spiro atoms. The van der Waals surface area contributed by atoms with E-state index in [-0.39, 0.29) is 10.7 Å². The second-order valence-electron chi connectivity index (χ2n) is 3.76. The van der Waals surface area contributed by atoms with Crippen LogP contribution in [0.3, 0.4) is 0 Å². The van der Waals surface area contributed by atoms with Gasteiger partial charge in [-0.15, -0.1) is 0 Å². The molecule has 0 atom stereocenters. The summed E-state index contributed by atoms with van der Waals surface area (Å²) in [6.45, 7) is 0. The smallest absolute Gasteiger partial charge is 0.341 e. The number of halogens is 2. The van der Waals surface area contributed by atoms with Crippen LogP contribution >= 0.6 is 11.6 Å². The maximum absolute atomic E-state index is 13.2.